The van der Waals surface area contributed by atoms with Gasteiger partial charge in [0, 0.05) is 60.4 Å². The van der Waals surface area contributed by atoms with E-state index in [0.717, 1.165) is 35.2 Å². The Morgan fingerprint density at radius 2 is 1.74 bits per heavy atom. The van der Waals surface area contributed by atoms with Gasteiger partial charge in [-0.2, -0.15) is 0 Å². The molecule has 1 aromatic heterocycles. The number of fused-ring (bicyclic) bond motifs is 1. The van der Waals surface area contributed by atoms with E-state index >= 15 is 0 Å². The van der Waals surface area contributed by atoms with Gasteiger partial charge in [0.05, 0.1) is 11.1 Å². The van der Waals surface area contributed by atoms with Crippen LogP contribution in [0.4, 0.5) is 11.4 Å². The predicted octanol–water partition coefficient (Wildman–Crippen LogP) is 5.06. The Kier molecular flexibility index (Phi) is 6.78. The van der Waals surface area contributed by atoms with Crippen molar-refractivity contribution in [3.63, 3.8) is 0 Å². The van der Waals surface area contributed by atoms with E-state index in [4.69, 9.17) is 15.7 Å². The lowest BCUT2D eigenvalue weighted by molar-refractivity contribution is 0.477. The van der Waals surface area contributed by atoms with E-state index in [2.05, 4.69) is 49.7 Å². The fourth-order valence-electron chi connectivity index (χ4n) is 3.80. The van der Waals surface area contributed by atoms with Crippen LogP contribution in [0.2, 0.25) is 0 Å². The molecule has 164 valence electrons. The third kappa shape index (κ3) is 5.13. The summed E-state index contributed by atoms with van der Waals surface area (Å²) in [7, 11) is 1.68. The molecule has 0 aliphatic carbocycles. The van der Waals surface area contributed by atoms with Crippen LogP contribution < -0.4 is 10.6 Å². The monoisotopic (exact) mass is 419 g/mol. The van der Waals surface area contributed by atoms with Crippen LogP contribution in [-0.4, -0.2) is 41.4 Å². The van der Waals surface area contributed by atoms with E-state index in [-0.39, 0.29) is 5.75 Å². The number of nitrogens with zero attached hydrogens (tertiary/aromatic N) is 4. The third-order valence-electron chi connectivity index (χ3n) is 5.12. The molecule has 0 radical (unpaired) electrons. The Morgan fingerprint density at radius 3 is 2.35 bits per heavy atom. The standard InChI is InChI=1S/C25H33N5O/c1-15(2)13-30(14-16(3)4)19-7-8-23-20(10-19)17(5)28-25(29-23)21-9-18(12-27-6)22(26)11-24(21)31/h7-12,15-16,31H,13-14,26H2,1-6H3. The van der Waals surface area contributed by atoms with Gasteiger partial charge in [0.25, 0.3) is 0 Å². The summed E-state index contributed by atoms with van der Waals surface area (Å²) in [6.45, 7) is 13.0. The first-order valence-corrected chi connectivity index (χ1v) is 10.8. The van der Waals surface area contributed by atoms with Crippen LogP contribution in [0.15, 0.2) is 35.3 Å². The second kappa shape index (κ2) is 9.33. The average molecular weight is 420 g/mol. The lowest BCUT2D eigenvalue weighted by Gasteiger charge is -2.29. The second-order valence-corrected chi connectivity index (χ2v) is 8.91. The smallest absolute Gasteiger partial charge is 0.163 e. The maximum Gasteiger partial charge on any atom is 0.163 e. The van der Waals surface area contributed by atoms with Gasteiger partial charge in [-0.05, 0) is 43.0 Å². The van der Waals surface area contributed by atoms with Crippen LogP contribution in [-0.2, 0) is 0 Å². The van der Waals surface area contributed by atoms with Crippen LogP contribution in [0.5, 0.6) is 5.75 Å². The van der Waals surface area contributed by atoms with Crippen molar-refractivity contribution in [3.05, 3.63) is 41.6 Å². The summed E-state index contributed by atoms with van der Waals surface area (Å²) in [5.74, 6) is 1.68. The summed E-state index contributed by atoms with van der Waals surface area (Å²) in [5.41, 5.74) is 10.6. The number of hydrogen-bond acceptors (Lipinski definition) is 6. The average Bonchev–Trinajstić information content (AvgIpc) is 2.68. The Balaban J connectivity index is 2.08. The van der Waals surface area contributed by atoms with E-state index in [0.29, 0.717) is 28.9 Å². The minimum absolute atomic E-state index is 0.0566. The van der Waals surface area contributed by atoms with Crippen LogP contribution in [0.1, 0.15) is 39.0 Å². The molecule has 0 unspecified atom stereocenters. The normalized spacial score (nSPS) is 11.9. The number of anilines is 2. The fourth-order valence-corrected chi connectivity index (χ4v) is 3.80. The zero-order valence-electron chi connectivity index (χ0n) is 19.3. The molecule has 6 heteroatoms. The van der Waals surface area contributed by atoms with Gasteiger partial charge < -0.3 is 15.7 Å². The van der Waals surface area contributed by atoms with E-state index in [9.17, 15) is 5.11 Å². The van der Waals surface area contributed by atoms with Gasteiger partial charge in [-0.25, -0.2) is 9.97 Å². The number of aryl methyl sites for hydroxylation is 1. The predicted molar refractivity (Wildman–Crippen MR) is 131 cm³/mol. The molecule has 0 fully saturated rings. The third-order valence-corrected chi connectivity index (χ3v) is 5.12. The van der Waals surface area contributed by atoms with Crippen molar-refractivity contribution in [2.75, 3.05) is 30.8 Å². The molecular weight excluding hydrogens is 386 g/mol. The van der Waals surface area contributed by atoms with Gasteiger partial charge in [0.2, 0.25) is 0 Å². The number of phenols is 1. The first kappa shape index (κ1) is 22.5. The number of aromatic hydroxyl groups is 1. The van der Waals surface area contributed by atoms with Gasteiger partial charge in [-0.3, -0.25) is 4.99 Å². The molecule has 0 spiro atoms. The molecule has 1 heterocycles. The van der Waals surface area contributed by atoms with E-state index in [1.54, 1.807) is 19.3 Å². The molecule has 0 saturated heterocycles. The summed E-state index contributed by atoms with van der Waals surface area (Å²) in [6, 6.07) is 9.64. The minimum atomic E-state index is 0.0566. The summed E-state index contributed by atoms with van der Waals surface area (Å²) in [4.78, 5) is 15.9. The SMILES string of the molecule is CN=Cc1cc(-c2nc(C)c3cc(N(CC(C)C)CC(C)C)ccc3n2)c(O)cc1N. The van der Waals surface area contributed by atoms with E-state index < -0.39 is 0 Å². The van der Waals surface area contributed by atoms with Crippen LogP contribution >= 0.6 is 0 Å². The number of aromatic nitrogens is 2. The van der Waals surface area contributed by atoms with Crippen molar-refractivity contribution in [2.24, 2.45) is 16.8 Å². The maximum atomic E-state index is 10.5. The number of aliphatic imine (C=N–C) groups is 1. The quantitative estimate of drug-likeness (QED) is 0.413. The summed E-state index contributed by atoms with van der Waals surface area (Å²) >= 11 is 0. The first-order valence-electron chi connectivity index (χ1n) is 10.8. The van der Waals surface area contributed by atoms with Crippen LogP contribution in [0.25, 0.3) is 22.3 Å². The zero-order chi connectivity index (χ0) is 22.7. The van der Waals surface area contributed by atoms with Crippen molar-refractivity contribution >= 4 is 28.5 Å². The van der Waals surface area contributed by atoms with Crippen LogP contribution in [0, 0.1) is 18.8 Å². The number of nitrogens with two attached hydrogens (primary N) is 1. The Hall–Kier alpha value is -3.15. The fraction of sp³-hybridized carbons (Fsp3) is 0.400. The summed E-state index contributed by atoms with van der Waals surface area (Å²) < 4.78 is 0. The molecule has 0 aliphatic heterocycles. The molecule has 6 nitrogen and oxygen atoms in total. The Morgan fingerprint density at radius 1 is 1.06 bits per heavy atom. The topological polar surface area (TPSA) is 87.6 Å². The van der Waals surface area contributed by atoms with Gasteiger partial charge in [0.15, 0.2) is 5.82 Å². The Labute approximate surface area is 184 Å². The molecule has 3 N–H and O–H groups in total. The zero-order valence-corrected chi connectivity index (χ0v) is 19.3. The van der Waals surface area contributed by atoms with E-state index in [1.165, 1.54) is 11.8 Å². The molecular formula is C25H33N5O. The highest BCUT2D eigenvalue weighted by atomic mass is 16.3. The molecule has 31 heavy (non-hydrogen) atoms. The van der Waals surface area contributed by atoms with Gasteiger partial charge >= 0.3 is 0 Å². The van der Waals surface area contributed by atoms with Gasteiger partial charge in [-0.1, -0.05) is 27.7 Å². The number of phenolic OH excluding ortho intramolecular Hbond substituents is 1. The minimum Gasteiger partial charge on any atom is -0.507 e. The number of hydrogen-bond donors (Lipinski definition) is 2. The molecule has 0 atom stereocenters. The van der Waals surface area contributed by atoms with Crippen molar-refractivity contribution in [1.29, 1.82) is 0 Å². The van der Waals surface area contributed by atoms with Crippen molar-refractivity contribution < 1.29 is 5.11 Å². The molecule has 0 bridgehead atoms. The molecule has 0 aliphatic rings. The summed E-state index contributed by atoms with van der Waals surface area (Å²) in [5, 5.41) is 11.5. The van der Waals surface area contributed by atoms with Crippen molar-refractivity contribution in [1.82, 2.24) is 9.97 Å². The second-order valence-electron chi connectivity index (χ2n) is 8.91. The molecule has 2 aromatic carbocycles. The molecule has 3 rings (SSSR count). The highest BCUT2D eigenvalue weighted by Gasteiger charge is 2.16. The van der Waals surface area contributed by atoms with E-state index in [1.807, 2.05) is 13.0 Å². The largest absolute Gasteiger partial charge is 0.507 e. The summed E-state index contributed by atoms with van der Waals surface area (Å²) in [6.07, 6.45) is 1.66. The van der Waals surface area contributed by atoms with Crippen molar-refractivity contribution in [3.8, 4) is 17.1 Å². The number of rotatable bonds is 7. The molecule has 3 aromatic rings. The van der Waals surface area contributed by atoms with Gasteiger partial charge in [-0.15, -0.1) is 0 Å². The van der Waals surface area contributed by atoms with Gasteiger partial charge in [0.1, 0.15) is 5.75 Å². The lowest BCUT2D eigenvalue weighted by Crippen LogP contribution is -2.31. The number of nitrogen functional groups attached to an aromatic ring is 1. The Bertz CT molecular complexity index is 1090. The highest BCUT2D eigenvalue weighted by molar-refractivity contribution is 5.91. The lowest BCUT2D eigenvalue weighted by atomic mass is 10.1. The molecule has 0 amide bonds. The molecule has 0 saturated carbocycles. The van der Waals surface area contributed by atoms with Crippen LogP contribution in [0.3, 0.4) is 0 Å². The highest BCUT2D eigenvalue weighted by Crippen LogP contribution is 2.33. The first-order chi connectivity index (χ1) is 14.7. The number of benzene rings is 2. The maximum absolute atomic E-state index is 10.5. The van der Waals surface area contributed by atoms with Crippen molar-refractivity contribution in [2.45, 2.75) is 34.6 Å².